The molecular weight excluding hydrogens is 302 g/mol. The Morgan fingerprint density at radius 3 is 2.78 bits per heavy atom. The largest absolute Gasteiger partial charge is 0.481 e. The van der Waals surface area contributed by atoms with Gasteiger partial charge >= 0.3 is 5.97 Å². The van der Waals surface area contributed by atoms with Crippen molar-refractivity contribution >= 4 is 21.9 Å². The molecule has 1 aliphatic heterocycles. The number of ether oxygens (including phenoxy) is 2. The third kappa shape index (κ3) is 2.06. The van der Waals surface area contributed by atoms with Gasteiger partial charge in [-0.25, -0.2) is 0 Å². The molecule has 1 heterocycles. The Morgan fingerprint density at radius 2 is 2.22 bits per heavy atom. The van der Waals surface area contributed by atoms with Crippen molar-refractivity contribution in [2.45, 2.75) is 19.3 Å². The molecule has 1 aliphatic rings. The van der Waals surface area contributed by atoms with Gasteiger partial charge in [0.05, 0.1) is 10.4 Å². The van der Waals surface area contributed by atoms with Crippen LogP contribution in [0, 0.1) is 0 Å². The molecule has 0 bridgehead atoms. The molecule has 0 spiro atoms. The lowest BCUT2D eigenvalue weighted by molar-refractivity contribution is -0.138. The van der Waals surface area contributed by atoms with Crippen LogP contribution in [0.1, 0.15) is 24.0 Å². The Hall–Kier alpha value is -1.27. The van der Waals surface area contributed by atoms with Gasteiger partial charge < -0.3 is 20.3 Å². The summed E-state index contributed by atoms with van der Waals surface area (Å²) in [5.74, 6) is -0.401. The van der Waals surface area contributed by atoms with Crippen molar-refractivity contribution in [3.63, 3.8) is 0 Å². The first-order valence-corrected chi connectivity index (χ1v) is 6.43. The molecular formula is C12H14BrNO4. The number of benzene rings is 1. The van der Waals surface area contributed by atoms with Crippen LogP contribution in [0.25, 0.3) is 0 Å². The van der Waals surface area contributed by atoms with Crippen LogP contribution in [0.3, 0.4) is 0 Å². The number of halogens is 1. The molecule has 1 aromatic carbocycles. The Labute approximate surface area is 113 Å². The number of carboxylic acid groups (broad SMARTS) is 1. The summed E-state index contributed by atoms with van der Waals surface area (Å²) in [5.41, 5.74) is 7.09. The summed E-state index contributed by atoms with van der Waals surface area (Å²) in [6.45, 7) is 2.16. The summed E-state index contributed by atoms with van der Waals surface area (Å²) in [4.78, 5) is 11.2. The van der Waals surface area contributed by atoms with E-state index in [2.05, 4.69) is 15.9 Å². The van der Waals surface area contributed by atoms with Gasteiger partial charge in [0.25, 0.3) is 0 Å². The molecule has 1 atom stereocenters. The van der Waals surface area contributed by atoms with E-state index in [1.54, 1.807) is 6.07 Å². The van der Waals surface area contributed by atoms with E-state index in [0.717, 1.165) is 5.56 Å². The van der Waals surface area contributed by atoms with Gasteiger partial charge in [-0.3, -0.25) is 4.79 Å². The van der Waals surface area contributed by atoms with E-state index in [9.17, 15) is 9.90 Å². The zero-order valence-electron chi connectivity index (χ0n) is 9.90. The van der Waals surface area contributed by atoms with E-state index in [0.29, 0.717) is 28.0 Å². The number of rotatable bonds is 4. The first-order chi connectivity index (χ1) is 8.60. The van der Waals surface area contributed by atoms with Crippen molar-refractivity contribution in [2.75, 3.05) is 13.3 Å². The maximum Gasteiger partial charge on any atom is 0.312 e. The van der Waals surface area contributed by atoms with Gasteiger partial charge in [-0.15, -0.1) is 0 Å². The highest BCUT2D eigenvalue weighted by Gasteiger charge is 2.29. The Kier molecular flexibility index (Phi) is 3.77. The molecule has 3 N–H and O–H groups in total. The predicted molar refractivity (Wildman–Crippen MR) is 69.1 cm³/mol. The molecule has 5 nitrogen and oxygen atoms in total. The third-order valence-corrected chi connectivity index (χ3v) is 3.59. The number of hydrogen-bond donors (Lipinski definition) is 2. The van der Waals surface area contributed by atoms with Gasteiger partial charge in [-0.05, 0) is 34.0 Å². The van der Waals surface area contributed by atoms with Gasteiger partial charge in [0, 0.05) is 12.1 Å². The Bertz CT molecular complexity index is 489. The van der Waals surface area contributed by atoms with Gasteiger partial charge in [-0.2, -0.15) is 0 Å². The quantitative estimate of drug-likeness (QED) is 0.886. The van der Waals surface area contributed by atoms with E-state index < -0.39 is 11.9 Å². The molecule has 18 heavy (non-hydrogen) atoms. The molecule has 0 saturated heterocycles. The second-order valence-electron chi connectivity index (χ2n) is 3.97. The van der Waals surface area contributed by atoms with Gasteiger partial charge in [0.2, 0.25) is 6.79 Å². The molecule has 1 unspecified atom stereocenters. The van der Waals surface area contributed by atoms with E-state index in [-0.39, 0.29) is 13.3 Å². The summed E-state index contributed by atoms with van der Waals surface area (Å²) in [6.07, 6.45) is 0.665. The maximum atomic E-state index is 11.2. The summed E-state index contributed by atoms with van der Waals surface area (Å²) >= 11 is 3.37. The second kappa shape index (κ2) is 5.16. The van der Waals surface area contributed by atoms with Crippen LogP contribution in [0.15, 0.2) is 10.5 Å². The van der Waals surface area contributed by atoms with Crippen molar-refractivity contribution in [1.29, 1.82) is 0 Å². The summed E-state index contributed by atoms with van der Waals surface area (Å²) in [6, 6.07) is 1.76. The molecule has 0 saturated carbocycles. The molecule has 6 heteroatoms. The zero-order valence-corrected chi connectivity index (χ0v) is 11.5. The van der Waals surface area contributed by atoms with Crippen LogP contribution < -0.4 is 15.2 Å². The summed E-state index contributed by atoms with van der Waals surface area (Å²) < 4.78 is 11.5. The highest BCUT2D eigenvalue weighted by molar-refractivity contribution is 9.10. The van der Waals surface area contributed by atoms with Gasteiger partial charge in [0.1, 0.15) is 0 Å². The van der Waals surface area contributed by atoms with Crippen molar-refractivity contribution in [2.24, 2.45) is 5.73 Å². The van der Waals surface area contributed by atoms with Gasteiger partial charge in [0.15, 0.2) is 11.5 Å². The lowest BCUT2D eigenvalue weighted by Crippen LogP contribution is -2.22. The monoisotopic (exact) mass is 315 g/mol. The predicted octanol–water partition coefficient (Wildman–Crippen LogP) is 1.87. The fourth-order valence-electron chi connectivity index (χ4n) is 2.14. The highest BCUT2D eigenvalue weighted by atomic mass is 79.9. The molecule has 1 aromatic rings. The van der Waals surface area contributed by atoms with E-state index in [4.69, 9.17) is 15.2 Å². The number of hydrogen-bond acceptors (Lipinski definition) is 4. The molecule has 0 aliphatic carbocycles. The molecule has 0 amide bonds. The van der Waals surface area contributed by atoms with E-state index in [1.165, 1.54) is 0 Å². The van der Waals surface area contributed by atoms with Gasteiger partial charge in [-0.1, -0.05) is 6.92 Å². The number of fused-ring (bicyclic) bond motifs is 1. The van der Waals surface area contributed by atoms with Crippen LogP contribution >= 0.6 is 15.9 Å². The Morgan fingerprint density at radius 1 is 1.56 bits per heavy atom. The van der Waals surface area contributed by atoms with Crippen molar-refractivity contribution in [3.8, 4) is 11.5 Å². The van der Waals surface area contributed by atoms with Crippen LogP contribution in [-0.4, -0.2) is 24.4 Å². The van der Waals surface area contributed by atoms with E-state index in [1.807, 2.05) is 6.92 Å². The van der Waals surface area contributed by atoms with Crippen LogP contribution in [0.4, 0.5) is 0 Å². The Balaban J connectivity index is 2.60. The first kappa shape index (κ1) is 13.2. The minimum absolute atomic E-state index is 0.0500. The topological polar surface area (TPSA) is 81.8 Å². The zero-order chi connectivity index (χ0) is 13.3. The molecule has 98 valence electrons. The van der Waals surface area contributed by atoms with Crippen molar-refractivity contribution in [1.82, 2.24) is 0 Å². The maximum absolute atomic E-state index is 11.2. The fourth-order valence-corrected chi connectivity index (χ4v) is 2.68. The minimum atomic E-state index is -0.932. The lowest BCUT2D eigenvalue weighted by atomic mass is 9.92. The molecule has 0 aromatic heterocycles. The highest BCUT2D eigenvalue weighted by Crippen LogP contribution is 2.45. The molecule has 2 rings (SSSR count). The lowest BCUT2D eigenvalue weighted by Gasteiger charge is -2.17. The summed E-state index contributed by atoms with van der Waals surface area (Å²) in [7, 11) is 0. The van der Waals surface area contributed by atoms with Crippen LogP contribution in [-0.2, 0) is 11.2 Å². The van der Waals surface area contributed by atoms with Crippen molar-refractivity contribution < 1.29 is 19.4 Å². The average molecular weight is 316 g/mol. The third-order valence-electron chi connectivity index (χ3n) is 3.00. The number of nitrogens with two attached hydrogens (primary N) is 1. The van der Waals surface area contributed by atoms with Crippen LogP contribution in [0.5, 0.6) is 11.5 Å². The molecule has 0 radical (unpaired) electrons. The molecule has 0 fully saturated rings. The van der Waals surface area contributed by atoms with E-state index >= 15 is 0 Å². The number of carbonyl (C=O) groups is 1. The fraction of sp³-hybridized carbons (Fsp3) is 0.417. The first-order valence-electron chi connectivity index (χ1n) is 5.63. The normalized spacial score (nSPS) is 14.6. The summed E-state index contributed by atoms with van der Waals surface area (Å²) in [5, 5.41) is 9.22. The second-order valence-corrected chi connectivity index (χ2v) is 4.83. The smallest absolute Gasteiger partial charge is 0.312 e. The van der Waals surface area contributed by atoms with Crippen molar-refractivity contribution in [3.05, 3.63) is 21.7 Å². The number of aliphatic carboxylic acids is 1. The number of carboxylic acids is 1. The van der Waals surface area contributed by atoms with Crippen LogP contribution in [0.2, 0.25) is 0 Å². The minimum Gasteiger partial charge on any atom is -0.481 e. The SMILES string of the molecule is CCc1c(C(CN)C(=O)O)cc(Br)c2c1OCO2. The average Bonchev–Trinajstić information content (AvgIpc) is 2.79. The standard InChI is InChI=1S/C12H14BrNO4/c1-2-6-7(8(4-14)12(15)16)3-9(13)11-10(6)17-5-18-11/h3,8H,2,4-5,14H2,1H3,(H,15,16).